The lowest BCUT2D eigenvalue weighted by atomic mass is 10.0. The predicted molar refractivity (Wildman–Crippen MR) is 106 cm³/mol. The molecular formula is C22H30N2O. The van der Waals surface area contributed by atoms with Gasteiger partial charge in [0.15, 0.2) is 0 Å². The number of rotatable bonds is 8. The Morgan fingerprint density at radius 3 is 2.16 bits per heavy atom. The average molecular weight is 338 g/mol. The molecule has 0 saturated heterocycles. The van der Waals surface area contributed by atoms with Crippen LogP contribution in [0.5, 0.6) is 0 Å². The zero-order chi connectivity index (χ0) is 18.2. The lowest BCUT2D eigenvalue weighted by Gasteiger charge is -2.21. The smallest absolute Gasteiger partial charge is 0.220 e. The minimum atomic E-state index is 0.103. The molecule has 0 aliphatic carbocycles. The third-order valence-corrected chi connectivity index (χ3v) is 4.77. The minimum absolute atomic E-state index is 0.103. The molecule has 25 heavy (non-hydrogen) atoms. The van der Waals surface area contributed by atoms with Crippen LogP contribution in [-0.4, -0.2) is 19.0 Å². The summed E-state index contributed by atoms with van der Waals surface area (Å²) in [5.74, 6) is 0.103. The Morgan fingerprint density at radius 2 is 1.56 bits per heavy atom. The van der Waals surface area contributed by atoms with E-state index in [1.54, 1.807) is 0 Å². The summed E-state index contributed by atoms with van der Waals surface area (Å²) in [5, 5.41) is 3.02. The molecule has 0 radical (unpaired) electrons. The molecule has 0 fully saturated rings. The second-order valence-corrected chi connectivity index (χ2v) is 6.53. The van der Waals surface area contributed by atoms with Gasteiger partial charge in [0, 0.05) is 31.7 Å². The molecule has 0 bridgehead atoms. The number of benzene rings is 2. The SMILES string of the molecule is CCN(CC)c1ccc(CNC(=O)CCc2ccc(C)c(C)c2)cc1. The van der Waals surface area contributed by atoms with E-state index in [-0.39, 0.29) is 5.91 Å². The number of nitrogens with zero attached hydrogens (tertiary/aromatic N) is 1. The molecule has 0 saturated carbocycles. The lowest BCUT2D eigenvalue weighted by molar-refractivity contribution is -0.121. The van der Waals surface area contributed by atoms with E-state index in [2.05, 4.69) is 80.4 Å². The molecule has 0 atom stereocenters. The van der Waals surface area contributed by atoms with Crippen molar-refractivity contribution in [1.82, 2.24) is 5.32 Å². The van der Waals surface area contributed by atoms with Gasteiger partial charge in [-0.15, -0.1) is 0 Å². The first-order valence-corrected chi connectivity index (χ1v) is 9.20. The molecule has 0 spiro atoms. The highest BCUT2D eigenvalue weighted by molar-refractivity contribution is 5.76. The molecular weight excluding hydrogens is 308 g/mol. The van der Waals surface area contributed by atoms with Crippen LogP contribution in [0.4, 0.5) is 5.69 Å². The van der Waals surface area contributed by atoms with Gasteiger partial charge in [0.25, 0.3) is 0 Å². The van der Waals surface area contributed by atoms with Crippen molar-refractivity contribution in [2.45, 2.75) is 47.1 Å². The highest BCUT2D eigenvalue weighted by Crippen LogP contribution is 2.15. The normalized spacial score (nSPS) is 10.6. The third-order valence-electron chi connectivity index (χ3n) is 4.77. The Labute approximate surface area is 152 Å². The molecule has 1 amide bonds. The standard InChI is InChI=1S/C22H30N2O/c1-5-24(6-2)21-12-9-20(10-13-21)16-23-22(25)14-11-19-8-7-17(3)18(4)15-19/h7-10,12-13,15H,5-6,11,14,16H2,1-4H3,(H,23,25). The Bertz CT molecular complexity index is 688. The number of aryl methyl sites for hydroxylation is 3. The summed E-state index contributed by atoms with van der Waals surface area (Å²) in [7, 11) is 0. The predicted octanol–water partition coefficient (Wildman–Crippen LogP) is 4.40. The summed E-state index contributed by atoms with van der Waals surface area (Å²) in [6.07, 6.45) is 1.31. The maximum absolute atomic E-state index is 12.1. The van der Waals surface area contributed by atoms with Gasteiger partial charge in [-0.3, -0.25) is 4.79 Å². The first-order chi connectivity index (χ1) is 12.0. The van der Waals surface area contributed by atoms with Crippen molar-refractivity contribution in [3.8, 4) is 0 Å². The number of hydrogen-bond acceptors (Lipinski definition) is 2. The number of hydrogen-bond donors (Lipinski definition) is 1. The van der Waals surface area contributed by atoms with Gasteiger partial charge >= 0.3 is 0 Å². The number of nitrogens with one attached hydrogen (secondary N) is 1. The summed E-state index contributed by atoms with van der Waals surface area (Å²) in [5.41, 5.74) is 6.17. The fraction of sp³-hybridized carbons (Fsp3) is 0.409. The maximum atomic E-state index is 12.1. The average Bonchev–Trinajstić information content (AvgIpc) is 2.63. The van der Waals surface area contributed by atoms with Crippen molar-refractivity contribution < 1.29 is 4.79 Å². The van der Waals surface area contributed by atoms with Gasteiger partial charge < -0.3 is 10.2 Å². The van der Waals surface area contributed by atoms with E-state index in [1.807, 2.05) is 0 Å². The first kappa shape index (κ1) is 19.0. The third kappa shape index (κ3) is 5.63. The van der Waals surface area contributed by atoms with Gasteiger partial charge in [0.2, 0.25) is 5.91 Å². The molecule has 134 valence electrons. The Balaban J connectivity index is 1.80. The minimum Gasteiger partial charge on any atom is -0.372 e. The van der Waals surface area contributed by atoms with Crippen LogP contribution in [-0.2, 0) is 17.8 Å². The zero-order valence-electron chi connectivity index (χ0n) is 15.9. The van der Waals surface area contributed by atoms with E-state index in [9.17, 15) is 4.79 Å². The van der Waals surface area contributed by atoms with Crippen LogP contribution in [0.3, 0.4) is 0 Å². The number of amides is 1. The van der Waals surface area contributed by atoms with E-state index < -0.39 is 0 Å². The summed E-state index contributed by atoms with van der Waals surface area (Å²) >= 11 is 0. The van der Waals surface area contributed by atoms with Crippen molar-refractivity contribution in [3.63, 3.8) is 0 Å². The van der Waals surface area contributed by atoms with E-state index >= 15 is 0 Å². The van der Waals surface area contributed by atoms with E-state index in [0.717, 1.165) is 25.1 Å². The Kier molecular flexibility index (Phi) is 7.05. The van der Waals surface area contributed by atoms with Crippen LogP contribution in [0.25, 0.3) is 0 Å². The van der Waals surface area contributed by atoms with Crippen LogP contribution in [0.2, 0.25) is 0 Å². The summed E-state index contributed by atoms with van der Waals surface area (Å²) in [4.78, 5) is 14.4. The summed E-state index contributed by atoms with van der Waals surface area (Å²) < 4.78 is 0. The highest BCUT2D eigenvalue weighted by Gasteiger charge is 2.05. The van der Waals surface area contributed by atoms with Crippen molar-refractivity contribution in [2.75, 3.05) is 18.0 Å². The van der Waals surface area contributed by atoms with Gasteiger partial charge in [0.05, 0.1) is 0 Å². The number of carbonyl (C=O) groups is 1. The maximum Gasteiger partial charge on any atom is 0.220 e. The van der Waals surface area contributed by atoms with Gasteiger partial charge in [-0.25, -0.2) is 0 Å². The Morgan fingerprint density at radius 1 is 0.920 bits per heavy atom. The summed E-state index contributed by atoms with van der Waals surface area (Å²) in [6, 6.07) is 14.9. The van der Waals surface area contributed by atoms with Crippen LogP contribution in [0, 0.1) is 13.8 Å². The van der Waals surface area contributed by atoms with Crippen molar-refractivity contribution in [2.24, 2.45) is 0 Å². The number of anilines is 1. The molecule has 0 heterocycles. The molecule has 0 aromatic heterocycles. The van der Waals surface area contributed by atoms with Gasteiger partial charge in [0.1, 0.15) is 0 Å². The largest absolute Gasteiger partial charge is 0.372 e. The molecule has 2 aromatic carbocycles. The molecule has 0 aliphatic heterocycles. The molecule has 3 nitrogen and oxygen atoms in total. The van der Waals surface area contributed by atoms with Crippen molar-refractivity contribution >= 4 is 11.6 Å². The van der Waals surface area contributed by atoms with E-state index in [4.69, 9.17) is 0 Å². The molecule has 0 unspecified atom stereocenters. The van der Waals surface area contributed by atoms with Gasteiger partial charge in [-0.05, 0) is 68.5 Å². The lowest BCUT2D eigenvalue weighted by Crippen LogP contribution is -2.23. The van der Waals surface area contributed by atoms with Crippen LogP contribution in [0.1, 0.15) is 42.5 Å². The molecule has 2 rings (SSSR count). The topological polar surface area (TPSA) is 32.3 Å². The molecule has 2 aromatic rings. The first-order valence-electron chi connectivity index (χ1n) is 9.20. The van der Waals surface area contributed by atoms with E-state index in [1.165, 1.54) is 22.4 Å². The molecule has 1 N–H and O–H groups in total. The van der Waals surface area contributed by atoms with Gasteiger partial charge in [-0.2, -0.15) is 0 Å². The van der Waals surface area contributed by atoms with E-state index in [0.29, 0.717) is 13.0 Å². The summed E-state index contributed by atoms with van der Waals surface area (Å²) in [6.45, 7) is 11.1. The fourth-order valence-electron chi connectivity index (χ4n) is 2.92. The number of carbonyl (C=O) groups excluding carboxylic acids is 1. The van der Waals surface area contributed by atoms with Crippen molar-refractivity contribution in [3.05, 3.63) is 64.7 Å². The van der Waals surface area contributed by atoms with Crippen LogP contribution in [0.15, 0.2) is 42.5 Å². The molecule has 0 aliphatic rings. The van der Waals surface area contributed by atoms with Crippen molar-refractivity contribution in [1.29, 1.82) is 0 Å². The zero-order valence-corrected chi connectivity index (χ0v) is 15.9. The highest BCUT2D eigenvalue weighted by atomic mass is 16.1. The van der Waals surface area contributed by atoms with Crippen LogP contribution < -0.4 is 10.2 Å². The monoisotopic (exact) mass is 338 g/mol. The Hall–Kier alpha value is -2.29. The second kappa shape index (κ2) is 9.26. The fourth-order valence-corrected chi connectivity index (χ4v) is 2.92. The quantitative estimate of drug-likeness (QED) is 0.774. The van der Waals surface area contributed by atoms with Gasteiger partial charge in [-0.1, -0.05) is 30.3 Å². The second-order valence-electron chi connectivity index (χ2n) is 6.53. The molecule has 3 heteroatoms. The van der Waals surface area contributed by atoms with Crippen LogP contribution >= 0.6 is 0 Å².